The van der Waals surface area contributed by atoms with Crippen molar-refractivity contribution in [2.75, 3.05) is 0 Å². The van der Waals surface area contributed by atoms with Crippen molar-refractivity contribution in [2.24, 2.45) is 5.73 Å². The fourth-order valence-corrected chi connectivity index (χ4v) is 2.81. The van der Waals surface area contributed by atoms with E-state index in [1.165, 1.54) is 5.56 Å². The molecule has 0 heterocycles. The van der Waals surface area contributed by atoms with Gasteiger partial charge in [-0.15, -0.1) is 12.4 Å². The number of benzene rings is 2. The second-order valence-corrected chi connectivity index (χ2v) is 4.96. The molecule has 2 rings (SSSR count). The summed E-state index contributed by atoms with van der Waals surface area (Å²) >= 11 is 12.7. The molecule has 0 fully saturated rings. The molecule has 0 spiro atoms. The highest BCUT2D eigenvalue weighted by Gasteiger charge is 2.12. The van der Waals surface area contributed by atoms with Crippen LogP contribution in [0.3, 0.4) is 0 Å². The lowest BCUT2D eigenvalue weighted by Gasteiger charge is -2.13. The van der Waals surface area contributed by atoms with E-state index in [9.17, 15) is 0 Å². The molecule has 0 saturated carbocycles. The largest absolute Gasteiger partial charge is 0.326 e. The quantitative estimate of drug-likeness (QED) is 0.837. The Hall–Kier alpha value is -0.730. The van der Waals surface area contributed by atoms with Gasteiger partial charge < -0.3 is 5.73 Å². The molecule has 0 bridgehead atoms. The Bertz CT molecular complexity index is 544. The minimum absolute atomic E-state index is 0. The minimum atomic E-state index is 0. The number of halogens is 3. The third-order valence-electron chi connectivity index (χ3n) is 3.01. The highest BCUT2D eigenvalue weighted by molar-refractivity contribution is 6.39. The zero-order chi connectivity index (χ0) is 13.1. The smallest absolute Gasteiger partial charge is 0.0502 e. The third-order valence-corrected chi connectivity index (χ3v) is 3.60. The molecule has 0 unspecified atom stereocenters. The van der Waals surface area contributed by atoms with Crippen LogP contribution < -0.4 is 5.73 Å². The van der Waals surface area contributed by atoms with Gasteiger partial charge in [0.25, 0.3) is 0 Å². The SMILES string of the molecule is CCc1ccccc1-c1c(Cl)cc(CN)cc1Cl.Cl. The van der Waals surface area contributed by atoms with E-state index in [4.69, 9.17) is 28.9 Å². The molecule has 0 saturated heterocycles. The van der Waals surface area contributed by atoms with Crippen molar-refractivity contribution < 1.29 is 0 Å². The Morgan fingerprint density at radius 2 is 1.63 bits per heavy atom. The van der Waals surface area contributed by atoms with Crippen molar-refractivity contribution in [3.63, 3.8) is 0 Å². The summed E-state index contributed by atoms with van der Waals surface area (Å²) in [6, 6.07) is 11.9. The van der Waals surface area contributed by atoms with Gasteiger partial charge in [0.2, 0.25) is 0 Å². The lowest BCUT2D eigenvalue weighted by Crippen LogP contribution is -1.97. The molecule has 0 aliphatic carbocycles. The lowest BCUT2D eigenvalue weighted by molar-refractivity contribution is 1.07. The maximum absolute atomic E-state index is 6.34. The lowest BCUT2D eigenvalue weighted by atomic mass is 9.97. The van der Waals surface area contributed by atoms with Crippen LogP contribution in [0.4, 0.5) is 0 Å². The molecule has 4 heteroatoms. The number of hydrogen-bond acceptors (Lipinski definition) is 1. The number of nitrogens with two attached hydrogens (primary N) is 1. The number of hydrogen-bond donors (Lipinski definition) is 1. The maximum Gasteiger partial charge on any atom is 0.0502 e. The first-order chi connectivity index (χ1) is 8.67. The summed E-state index contributed by atoms with van der Waals surface area (Å²) in [5, 5.41) is 1.31. The van der Waals surface area contributed by atoms with Gasteiger partial charge in [0.1, 0.15) is 0 Å². The van der Waals surface area contributed by atoms with Crippen LogP contribution in [0.5, 0.6) is 0 Å². The van der Waals surface area contributed by atoms with E-state index in [-0.39, 0.29) is 12.4 Å². The van der Waals surface area contributed by atoms with Crippen LogP contribution in [0.2, 0.25) is 10.0 Å². The van der Waals surface area contributed by atoms with Crippen LogP contribution in [0.15, 0.2) is 36.4 Å². The highest BCUT2D eigenvalue weighted by atomic mass is 35.5. The molecule has 2 aromatic carbocycles. The van der Waals surface area contributed by atoms with Gasteiger partial charge in [0, 0.05) is 12.1 Å². The van der Waals surface area contributed by atoms with Gasteiger partial charge in [-0.2, -0.15) is 0 Å². The molecule has 0 aliphatic heterocycles. The normalized spacial score (nSPS) is 10.1. The Morgan fingerprint density at radius 1 is 1.05 bits per heavy atom. The second kappa shape index (κ2) is 7.16. The first-order valence-electron chi connectivity index (χ1n) is 5.93. The monoisotopic (exact) mass is 315 g/mol. The molecule has 0 aromatic heterocycles. The van der Waals surface area contributed by atoms with Gasteiger partial charge >= 0.3 is 0 Å². The summed E-state index contributed by atoms with van der Waals surface area (Å²) in [5.74, 6) is 0. The summed E-state index contributed by atoms with van der Waals surface area (Å²) in [7, 11) is 0. The molecule has 0 atom stereocenters. The van der Waals surface area contributed by atoms with Crippen molar-refractivity contribution in [2.45, 2.75) is 19.9 Å². The molecule has 19 heavy (non-hydrogen) atoms. The van der Waals surface area contributed by atoms with E-state index in [0.717, 1.165) is 23.1 Å². The Morgan fingerprint density at radius 3 is 2.16 bits per heavy atom. The predicted molar refractivity (Wildman–Crippen MR) is 86.4 cm³/mol. The summed E-state index contributed by atoms with van der Waals surface area (Å²) in [4.78, 5) is 0. The fourth-order valence-electron chi connectivity index (χ4n) is 2.07. The Balaban J connectivity index is 0.00000180. The molecule has 1 nitrogen and oxygen atoms in total. The molecular weight excluding hydrogens is 301 g/mol. The fraction of sp³-hybridized carbons (Fsp3) is 0.200. The molecule has 0 aliphatic rings. The summed E-state index contributed by atoms with van der Waals surface area (Å²) < 4.78 is 0. The van der Waals surface area contributed by atoms with E-state index in [2.05, 4.69) is 13.0 Å². The van der Waals surface area contributed by atoms with E-state index in [1.54, 1.807) is 0 Å². The van der Waals surface area contributed by atoms with Crippen LogP contribution in [0.25, 0.3) is 11.1 Å². The van der Waals surface area contributed by atoms with Gasteiger partial charge in [-0.3, -0.25) is 0 Å². The molecule has 2 N–H and O–H groups in total. The van der Waals surface area contributed by atoms with Gasteiger partial charge in [-0.1, -0.05) is 54.4 Å². The van der Waals surface area contributed by atoms with E-state index >= 15 is 0 Å². The van der Waals surface area contributed by atoms with Crippen molar-refractivity contribution >= 4 is 35.6 Å². The second-order valence-electron chi connectivity index (χ2n) is 4.15. The Labute approximate surface area is 130 Å². The summed E-state index contributed by atoms with van der Waals surface area (Å²) in [5.41, 5.74) is 9.79. The highest BCUT2D eigenvalue weighted by Crippen LogP contribution is 2.37. The molecule has 0 radical (unpaired) electrons. The van der Waals surface area contributed by atoms with Crippen molar-refractivity contribution in [3.05, 3.63) is 57.6 Å². The molecule has 0 amide bonds. The summed E-state index contributed by atoms with van der Waals surface area (Å²) in [6.45, 7) is 2.56. The molecule has 2 aromatic rings. The topological polar surface area (TPSA) is 26.0 Å². The van der Waals surface area contributed by atoms with Gasteiger partial charge in [-0.05, 0) is 35.2 Å². The van der Waals surface area contributed by atoms with Gasteiger partial charge in [0.15, 0.2) is 0 Å². The minimum Gasteiger partial charge on any atom is -0.326 e. The van der Waals surface area contributed by atoms with Crippen LogP contribution >= 0.6 is 35.6 Å². The third kappa shape index (κ3) is 3.43. The van der Waals surface area contributed by atoms with Crippen LogP contribution in [0, 0.1) is 0 Å². The number of aryl methyl sites for hydroxylation is 1. The number of rotatable bonds is 3. The first kappa shape index (κ1) is 16.3. The van der Waals surface area contributed by atoms with Gasteiger partial charge in [0.05, 0.1) is 10.0 Å². The van der Waals surface area contributed by atoms with E-state index < -0.39 is 0 Å². The first-order valence-corrected chi connectivity index (χ1v) is 6.69. The average molecular weight is 317 g/mol. The zero-order valence-electron chi connectivity index (χ0n) is 10.6. The van der Waals surface area contributed by atoms with E-state index in [0.29, 0.717) is 16.6 Å². The standard InChI is InChI=1S/C15H15Cl2N.ClH/c1-2-11-5-3-4-6-12(11)15-13(16)7-10(9-18)8-14(15)17;/h3-8H,2,9,18H2,1H3;1H. The van der Waals surface area contributed by atoms with Crippen LogP contribution in [-0.4, -0.2) is 0 Å². The predicted octanol–water partition coefficient (Wildman–Crippen LogP) is 5.10. The van der Waals surface area contributed by atoms with E-state index in [1.807, 2.05) is 30.3 Å². The van der Waals surface area contributed by atoms with Crippen molar-refractivity contribution in [3.8, 4) is 11.1 Å². The molecule has 102 valence electrons. The summed E-state index contributed by atoms with van der Waals surface area (Å²) in [6.07, 6.45) is 0.946. The van der Waals surface area contributed by atoms with Crippen molar-refractivity contribution in [1.82, 2.24) is 0 Å². The van der Waals surface area contributed by atoms with Crippen LogP contribution in [-0.2, 0) is 13.0 Å². The van der Waals surface area contributed by atoms with Gasteiger partial charge in [-0.25, -0.2) is 0 Å². The maximum atomic E-state index is 6.34. The Kier molecular flexibility index (Phi) is 6.15. The average Bonchev–Trinajstić information content (AvgIpc) is 2.38. The molecular formula is C15H16Cl3N. The van der Waals surface area contributed by atoms with Crippen molar-refractivity contribution in [1.29, 1.82) is 0 Å². The van der Waals surface area contributed by atoms with Crippen LogP contribution in [0.1, 0.15) is 18.1 Å². The zero-order valence-corrected chi connectivity index (χ0v) is 12.9.